The largest absolute Gasteiger partial charge is 0.442 e. The van der Waals surface area contributed by atoms with Crippen LogP contribution in [0.1, 0.15) is 0 Å². The third-order valence-corrected chi connectivity index (χ3v) is 4.63. The molecule has 1 amide bonds. The molecule has 7 nitrogen and oxygen atoms in total. The first kappa shape index (κ1) is 17.7. The van der Waals surface area contributed by atoms with Crippen LogP contribution in [-0.2, 0) is 9.47 Å². The number of amides is 1. The summed E-state index contributed by atoms with van der Waals surface area (Å²) in [6.45, 7) is 3.18. The molecule has 9 heteroatoms. The van der Waals surface area contributed by atoms with Crippen LogP contribution in [0.3, 0.4) is 0 Å². The van der Waals surface area contributed by atoms with Crippen LogP contribution in [0, 0.1) is 5.82 Å². The van der Waals surface area contributed by atoms with Crippen molar-refractivity contribution in [3.63, 3.8) is 0 Å². The maximum absolute atomic E-state index is 14.5. The molecule has 2 aliphatic rings. The topological polar surface area (TPSA) is 71.3 Å². The maximum atomic E-state index is 14.5. The standard InChI is InChI=1S/C16H21FN4O3S/c1-19(15(18)25)9-12-10-21(16(22)24-12)11-2-3-14(13(17)8-11)20-4-6-23-7-5-20/h2-3,8,12H,4-7,9-10H2,1H3,(H2,18,25)/t12-/m1/s1. The van der Waals surface area contributed by atoms with E-state index in [9.17, 15) is 9.18 Å². The zero-order chi connectivity index (χ0) is 18.0. The van der Waals surface area contributed by atoms with Crippen molar-refractivity contribution in [1.82, 2.24) is 4.90 Å². The lowest BCUT2D eigenvalue weighted by atomic mass is 10.2. The average Bonchev–Trinajstić information content (AvgIpc) is 2.95. The number of carbonyl (C=O) groups excluding carboxylic acids is 1. The van der Waals surface area contributed by atoms with Gasteiger partial charge in [-0.3, -0.25) is 4.90 Å². The highest BCUT2D eigenvalue weighted by molar-refractivity contribution is 7.80. The van der Waals surface area contributed by atoms with E-state index in [-0.39, 0.29) is 17.0 Å². The lowest BCUT2D eigenvalue weighted by Gasteiger charge is -2.29. The smallest absolute Gasteiger partial charge is 0.414 e. The maximum Gasteiger partial charge on any atom is 0.414 e. The molecule has 2 fully saturated rings. The number of hydrogen-bond donors (Lipinski definition) is 1. The fraction of sp³-hybridized carbons (Fsp3) is 0.500. The van der Waals surface area contributed by atoms with E-state index in [1.54, 1.807) is 24.1 Å². The lowest BCUT2D eigenvalue weighted by Crippen LogP contribution is -2.39. The number of anilines is 2. The number of carbonyl (C=O) groups is 1. The molecule has 2 heterocycles. The van der Waals surface area contributed by atoms with Gasteiger partial charge in [-0.05, 0) is 30.4 Å². The number of benzene rings is 1. The molecule has 0 spiro atoms. The number of nitrogens with two attached hydrogens (primary N) is 1. The molecule has 136 valence electrons. The summed E-state index contributed by atoms with van der Waals surface area (Å²) in [5, 5.41) is 0.232. The molecule has 1 aromatic rings. The van der Waals surface area contributed by atoms with E-state index >= 15 is 0 Å². The summed E-state index contributed by atoms with van der Waals surface area (Å²) < 4.78 is 25.1. The number of rotatable bonds is 4. The van der Waals surface area contributed by atoms with E-state index in [2.05, 4.69) is 0 Å². The Balaban J connectivity index is 1.70. The van der Waals surface area contributed by atoms with Crippen LogP contribution in [0.2, 0.25) is 0 Å². The Morgan fingerprint density at radius 3 is 2.80 bits per heavy atom. The Hall–Kier alpha value is -2.13. The van der Waals surface area contributed by atoms with Gasteiger partial charge in [0.05, 0.1) is 37.7 Å². The van der Waals surface area contributed by atoms with Gasteiger partial charge in [-0.25, -0.2) is 9.18 Å². The molecule has 2 N–H and O–H groups in total. The van der Waals surface area contributed by atoms with Gasteiger partial charge in [0.25, 0.3) is 0 Å². The summed E-state index contributed by atoms with van der Waals surface area (Å²) in [6.07, 6.45) is -0.874. The second-order valence-electron chi connectivity index (χ2n) is 6.07. The Morgan fingerprint density at radius 2 is 2.16 bits per heavy atom. The molecule has 0 saturated carbocycles. The summed E-state index contributed by atoms with van der Waals surface area (Å²) in [4.78, 5) is 17.1. The molecule has 0 aliphatic carbocycles. The van der Waals surface area contributed by atoms with Gasteiger partial charge in [-0.15, -0.1) is 0 Å². The molecule has 0 radical (unpaired) electrons. The van der Waals surface area contributed by atoms with Crippen molar-refractivity contribution < 1.29 is 18.7 Å². The summed E-state index contributed by atoms with van der Waals surface area (Å²) in [5.74, 6) is -0.365. The first-order valence-electron chi connectivity index (χ1n) is 8.06. The number of likely N-dealkylation sites (N-methyl/N-ethyl adjacent to an activating group) is 1. The Morgan fingerprint density at radius 1 is 1.44 bits per heavy atom. The van der Waals surface area contributed by atoms with Crippen molar-refractivity contribution in [3.8, 4) is 0 Å². The van der Waals surface area contributed by atoms with Crippen molar-refractivity contribution in [2.75, 3.05) is 56.2 Å². The third-order valence-electron chi connectivity index (χ3n) is 4.32. The van der Waals surface area contributed by atoms with Gasteiger partial charge < -0.3 is 25.0 Å². The fourth-order valence-electron chi connectivity index (χ4n) is 2.95. The van der Waals surface area contributed by atoms with Crippen molar-refractivity contribution in [2.45, 2.75) is 6.10 Å². The zero-order valence-corrected chi connectivity index (χ0v) is 14.8. The number of cyclic esters (lactones) is 1. The molecule has 0 aromatic heterocycles. The molecule has 3 rings (SSSR count). The molecular weight excluding hydrogens is 347 g/mol. The summed E-state index contributed by atoms with van der Waals surface area (Å²) in [6, 6.07) is 4.79. The second-order valence-corrected chi connectivity index (χ2v) is 6.49. The van der Waals surface area contributed by atoms with E-state index in [1.165, 1.54) is 11.0 Å². The SMILES string of the molecule is CN(C[C@@H]1CN(c2ccc(N3CCOCC3)c(F)c2)C(=O)O1)C(N)=S. The quantitative estimate of drug-likeness (QED) is 0.800. The summed E-state index contributed by atoms with van der Waals surface area (Å²) >= 11 is 4.89. The molecule has 25 heavy (non-hydrogen) atoms. The molecule has 2 saturated heterocycles. The Kier molecular flexibility index (Phi) is 5.24. The molecule has 1 aromatic carbocycles. The van der Waals surface area contributed by atoms with Crippen molar-refractivity contribution in [3.05, 3.63) is 24.0 Å². The van der Waals surface area contributed by atoms with Crippen molar-refractivity contribution >= 4 is 34.8 Å². The number of morpholine rings is 1. The van der Waals surface area contributed by atoms with Crippen LogP contribution < -0.4 is 15.5 Å². The molecule has 0 unspecified atom stereocenters. The molecule has 2 aliphatic heterocycles. The predicted octanol–water partition coefficient (Wildman–Crippen LogP) is 1.16. The highest BCUT2D eigenvalue weighted by Crippen LogP contribution is 2.28. The van der Waals surface area contributed by atoms with Gasteiger partial charge in [-0.2, -0.15) is 0 Å². The molecular formula is C16H21FN4O3S. The third kappa shape index (κ3) is 3.93. The monoisotopic (exact) mass is 368 g/mol. The highest BCUT2D eigenvalue weighted by atomic mass is 32.1. The van der Waals surface area contributed by atoms with E-state index in [1.807, 2.05) is 4.90 Å². The molecule has 0 bridgehead atoms. The number of ether oxygens (including phenoxy) is 2. The van der Waals surface area contributed by atoms with Crippen LogP contribution in [0.5, 0.6) is 0 Å². The zero-order valence-electron chi connectivity index (χ0n) is 14.0. The Labute approximate surface area is 151 Å². The Bertz CT molecular complexity index is 669. The summed E-state index contributed by atoms with van der Waals surface area (Å²) in [5.41, 5.74) is 6.53. The minimum Gasteiger partial charge on any atom is -0.442 e. The lowest BCUT2D eigenvalue weighted by molar-refractivity contribution is 0.122. The van der Waals surface area contributed by atoms with Gasteiger partial charge in [0, 0.05) is 20.1 Å². The van der Waals surface area contributed by atoms with Gasteiger partial charge in [0.1, 0.15) is 11.9 Å². The van der Waals surface area contributed by atoms with E-state index < -0.39 is 6.09 Å². The van der Waals surface area contributed by atoms with Gasteiger partial charge in [0.15, 0.2) is 5.11 Å². The van der Waals surface area contributed by atoms with Crippen molar-refractivity contribution in [2.24, 2.45) is 5.73 Å². The predicted molar refractivity (Wildman–Crippen MR) is 96.5 cm³/mol. The number of thiocarbonyl (C=S) groups is 1. The van der Waals surface area contributed by atoms with Crippen LogP contribution in [0.25, 0.3) is 0 Å². The van der Waals surface area contributed by atoms with Crippen LogP contribution in [0.15, 0.2) is 18.2 Å². The number of hydrogen-bond acceptors (Lipinski definition) is 5. The average molecular weight is 368 g/mol. The minimum absolute atomic E-state index is 0.232. The first-order valence-corrected chi connectivity index (χ1v) is 8.47. The van der Waals surface area contributed by atoms with Gasteiger partial charge in [0.2, 0.25) is 0 Å². The summed E-state index contributed by atoms with van der Waals surface area (Å²) in [7, 11) is 1.73. The normalized spacial score (nSPS) is 20.6. The van der Waals surface area contributed by atoms with Crippen molar-refractivity contribution in [1.29, 1.82) is 0 Å². The fourth-order valence-corrected chi connectivity index (χ4v) is 3.02. The molecule has 1 atom stereocenters. The second kappa shape index (κ2) is 7.40. The van der Waals surface area contributed by atoms with Crippen LogP contribution in [0.4, 0.5) is 20.6 Å². The number of halogens is 1. The van der Waals surface area contributed by atoms with Gasteiger partial charge in [-0.1, -0.05) is 0 Å². The van der Waals surface area contributed by atoms with Crippen LogP contribution in [-0.4, -0.2) is 68.7 Å². The highest BCUT2D eigenvalue weighted by Gasteiger charge is 2.33. The van der Waals surface area contributed by atoms with Crippen LogP contribution >= 0.6 is 12.2 Å². The number of nitrogens with zero attached hydrogens (tertiary/aromatic N) is 3. The van der Waals surface area contributed by atoms with E-state index in [0.717, 1.165) is 0 Å². The van der Waals surface area contributed by atoms with Gasteiger partial charge >= 0.3 is 6.09 Å². The first-order chi connectivity index (χ1) is 12.0. The minimum atomic E-state index is -0.500. The van der Waals surface area contributed by atoms with E-state index in [0.29, 0.717) is 50.8 Å². The van der Waals surface area contributed by atoms with E-state index in [4.69, 9.17) is 27.4 Å².